The maximum atomic E-state index is 6.03. The van der Waals surface area contributed by atoms with Gasteiger partial charge >= 0.3 is 0 Å². The zero-order valence-electron chi connectivity index (χ0n) is 10.7. The summed E-state index contributed by atoms with van der Waals surface area (Å²) < 4.78 is 1.70. The summed E-state index contributed by atoms with van der Waals surface area (Å²) in [6.07, 6.45) is 6.87. The Bertz CT molecular complexity index is 373. The molecule has 1 saturated carbocycles. The Balaban J connectivity index is 2.18. The number of nitrogens with one attached hydrogen (secondary N) is 1. The Morgan fingerprint density at radius 1 is 1.53 bits per heavy atom. The molecule has 1 aliphatic carbocycles. The molecule has 1 aromatic heterocycles. The number of nitrogens with zero attached hydrogens (tertiary/aromatic N) is 2. The van der Waals surface area contributed by atoms with Crippen molar-refractivity contribution in [1.29, 1.82) is 0 Å². The molecule has 17 heavy (non-hydrogen) atoms. The van der Waals surface area contributed by atoms with E-state index in [-0.39, 0.29) is 6.04 Å². The van der Waals surface area contributed by atoms with E-state index in [1.807, 2.05) is 13.2 Å². The minimum absolute atomic E-state index is 0.131. The lowest BCUT2D eigenvalue weighted by molar-refractivity contribution is 0.225. The van der Waals surface area contributed by atoms with E-state index in [2.05, 4.69) is 17.4 Å². The van der Waals surface area contributed by atoms with Crippen LogP contribution in [0.15, 0.2) is 6.20 Å². The topological polar surface area (TPSA) is 81.9 Å². The van der Waals surface area contributed by atoms with Crippen LogP contribution in [-0.4, -0.2) is 9.78 Å². The standard InChI is InChI=1S/C12H23N5/c1-8-4-3-5-9(6-8)11(16-14)10-7-15-17(2)12(10)13/h7-9,11,16H,3-6,13-14H2,1-2H3. The van der Waals surface area contributed by atoms with E-state index < -0.39 is 0 Å². The van der Waals surface area contributed by atoms with Crippen molar-refractivity contribution in [2.75, 3.05) is 5.73 Å². The molecular weight excluding hydrogens is 214 g/mol. The molecule has 1 aromatic rings. The first-order chi connectivity index (χ1) is 8.13. The van der Waals surface area contributed by atoms with Crippen LogP contribution < -0.4 is 17.0 Å². The molecule has 1 heterocycles. The van der Waals surface area contributed by atoms with E-state index in [0.29, 0.717) is 11.7 Å². The first kappa shape index (κ1) is 12.4. The lowest BCUT2D eigenvalue weighted by Crippen LogP contribution is -2.35. The van der Waals surface area contributed by atoms with Gasteiger partial charge in [0.25, 0.3) is 0 Å². The molecule has 0 aliphatic heterocycles. The highest BCUT2D eigenvalue weighted by Crippen LogP contribution is 2.38. The fraction of sp³-hybridized carbons (Fsp3) is 0.750. The van der Waals surface area contributed by atoms with Crippen LogP contribution in [0.1, 0.15) is 44.2 Å². The molecule has 5 heteroatoms. The summed E-state index contributed by atoms with van der Waals surface area (Å²) in [5, 5.41) is 4.19. The van der Waals surface area contributed by atoms with E-state index in [4.69, 9.17) is 11.6 Å². The lowest BCUT2D eigenvalue weighted by atomic mass is 9.77. The molecule has 0 amide bonds. The van der Waals surface area contributed by atoms with Crippen LogP contribution in [0.4, 0.5) is 5.82 Å². The van der Waals surface area contributed by atoms with Crippen molar-refractivity contribution in [1.82, 2.24) is 15.2 Å². The molecule has 5 N–H and O–H groups in total. The summed E-state index contributed by atoms with van der Waals surface area (Å²) in [5.74, 6) is 7.78. The Labute approximate surface area is 103 Å². The van der Waals surface area contributed by atoms with Crippen molar-refractivity contribution in [3.8, 4) is 0 Å². The van der Waals surface area contributed by atoms with Crippen molar-refractivity contribution in [3.05, 3.63) is 11.8 Å². The van der Waals surface area contributed by atoms with Crippen molar-refractivity contribution >= 4 is 5.82 Å². The molecule has 3 unspecified atom stereocenters. The van der Waals surface area contributed by atoms with Gasteiger partial charge in [-0.25, -0.2) is 0 Å². The Morgan fingerprint density at radius 3 is 2.82 bits per heavy atom. The van der Waals surface area contributed by atoms with Gasteiger partial charge in [-0.05, 0) is 24.7 Å². The van der Waals surface area contributed by atoms with E-state index in [0.717, 1.165) is 11.5 Å². The van der Waals surface area contributed by atoms with Gasteiger partial charge in [0.05, 0.1) is 12.2 Å². The fourth-order valence-corrected chi connectivity index (χ4v) is 2.97. The third kappa shape index (κ3) is 2.45. The van der Waals surface area contributed by atoms with Gasteiger partial charge in [0.15, 0.2) is 0 Å². The van der Waals surface area contributed by atoms with E-state index in [1.54, 1.807) is 4.68 Å². The van der Waals surface area contributed by atoms with Crippen LogP contribution in [-0.2, 0) is 7.05 Å². The molecule has 0 saturated heterocycles. The van der Waals surface area contributed by atoms with E-state index in [1.165, 1.54) is 25.7 Å². The third-order valence-electron chi connectivity index (χ3n) is 3.98. The zero-order chi connectivity index (χ0) is 12.4. The summed E-state index contributed by atoms with van der Waals surface area (Å²) in [6, 6.07) is 0.131. The molecule has 5 nitrogen and oxygen atoms in total. The number of rotatable bonds is 3. The molecule has 0 spiro atoms. The molecule has 1 aliphatic rings. The predicted molar refractivity (Wildman–Crippen MR) is 68.8 cm³/mol. The molecule has 0 bridgehead atoms. The van der Waals surface area contributed by atoms with Crippen LogP contribution in [0.5, 0.6) is 0 Å². The first-order valence-electron chi connectivity index (χ1n) is 6.37. The summed E-state index contributed by atoms with van der Waals surface area (Å²) in [5.41, 5.74) is 9.99. The van der Waals surface area contributed by atoms with Gasteiger partial charge in [0.1, 0.15) is 5.82 Å². The second-order valence-electron chi connectivity index (χ2n) is 5.28. The van der Waals surface area contributed by atoms with Gasteiger partial charge in [0, 0.05) is 12.6 Å². The Morgan fingerprint density at radius 2 is 2.29 bits per heavy atom. The number of hydrogen-bond donors (Lipinski definition) is 3. The van der Waals surface area contributed by atoms with Gasteiger partial charge in [-0.1, -0.05) is 19.8 Å². The molecule has 1 fully saturated rings. The van der Waals surface area contributed by atoms with Crippen LogP contribution in [0.25, 0.3) is 0 Å². The highest BCUT2D eigenvalue weighted by atomic mass is 15.3. The van der Waals surface area contributed by atoms with Crippen molar-refractivity contribution in [2.24, 2.45) is 24.7 Å². The molecule has 3 atom stereocenters. The van der Waals surface area contributed by atoms with Gasteiger partial charge in [-0.2, -0.15) is 5.10 Å². The van der Waals surface area contributed by atoms with Gasteiger partial charge in [-0.3, -0.25) is 16.0 Å². The number of nitrogen functional groups attached to an aromatic ring is 1. The smallest absolute Gasteiger partial charge is 0.126 e. The molecule has 96 valence electrons. The molecule has 0 aromatic carbocycles. The number of anilines is 1. The number of nitrogens with two attached hydrogens (primary N) is 2. The quantitative estimate of drug-likeness (QED) is 0.547. The maximum Gasteiger partial charge on any atom is 0.126 e. The predicted octanol–water partition coefficient (Wildman–Crippen LogP) is 1.33. The summed E-state index contributed by atoms with van der Waals surface area (Å²) in [6.45, 7) is 2.31. The van der Waals surface area contributed by atoms with Gasteiger partial charge in [-0.15, -0.1) is 0 Å². The van der Waals surface area contributed by atoms with Gasteiger partial charge in [0.2, 0.25) is 0 Å². The normalized spacial score (nSPS) is 27.0. The molecule has 0 radical (unpaired) electrons. The number of aromatic nitrogens is 2. The second kappa shape index (κ2) is 5.06. The van der Waals surface area contributed by atoms with Crippen molar-refractivity contribution < 1.29 is 0 Å². The summed E-state index contributed by atoms with van der Waals surface area (Å²) in [4.78, 5) is 0. The first-order valence-corrected chi connectivity index (χ1v) is 6.37. The lowest BCUT2D eigenvalue weighted by Gasteiger charge is -2.32. The van der Waals surface area contributed by atoms with Crippen LogP contribution in [0.3, 0.4) is 0 Å². The van der Waals surface area contributed by atoms with Crippen molar-refractivity contribution in [3.63, 3.8) is 0 Å². The summed E-state index contributed by atoms with van der Waals surface area (Å²) in [7, 11) is 1.86. The third-order valence-corrected chi connectivity index (χ3v) is 3.98. The second-order valence-corrected chi connectivity index (χ2v) is 5.28. The maximum absolute atomic E-state index is 6.03. The minimum Gasteiger partial charge on any atom is -0.384 e. The molecule has 2 rings (SSSR count). The number of hydrogen-bond acceptors (Lipinski definition) is 4. The largest absolute Gasteiger partial charge is 0.384 e. The van der Waals surface area contributed by atoms with Crippen molar-refractivity contribution in [2.45, 2.75) is 38.6 Å². The Kier molecular flexibility index (Phi) is 3.69. The zero-order valence-corrected chi connectivity index (χ0v) is 10.7. The van der Waals surface area contributed by atoms with Crippen LogP contribution >= 0.6 is 0 Å². The monoisotopic (exact) mass is 237 g/mol. The van der Waals surface area contributed by atoms with Crippen LogP contribution in [0.2, 0.25) is 0 Å². The average molecular weight is 237 g/mol. The number of hydrazine groups is 1. The fourth-order valence-electron chi connectivity index (χ4n) is 2.97. The van der Waals surface area contributed by atoms with Gasteiger partial charge < -0.3 is 5.73 Å². The Hall–Kier alpha value is -1.07. The minimum atomic E-state index is 0.131. The number of aryl methyl sites for hydroxylation is 1. The van der Waals surface area contributed by atoms with E-state index >= 15 is 0 Å². The average Bonchev–Trinajstić information content (AvgIpc) is 2.63. The SMILES string of the molecule is CC1CCCC(C(NN)c2cnn(C)c2N)C1. The summed E-state index contributed by atoms with van der Waals surface area (Å²) >= 11 is 0. The van der Waals surface area contributed by atoms with Crippen LogP contribution in [0, 0.1) is 11.8 Å². The highest BCUT2D eigenvalue weighted by Gasteiger charge is 2.29. The molecular formula is C12H23N5. The highest BCUT2D eigenvalue weighted by molar-refractivity contribution is 5.41. The van der Waals surface area contributed by atoms with E-state index in [9.17, 15) is 0 Å².